The van der Waals surface area contributed by atoms with Gasteiger partial charge in [-0.15, -0.1) is 0 Å². The van der Waals surface area contributed by atoms with Crippen LogP contribution in [-0.2, 0) is 0 Å². The third-order valence-corrected chi connectivity index (χ3v) is 8.93. The van der Waals surface area contributed by atoms with Gasteiger partial charge in [-0.3, -0.25) is 0 Å². The summed E-state index contributed by atoms with van der Waals surface area (Å²) in [5.74, 6) is 5.18. The van der Waals surface area contributed by atoms with E-state index in [9.17, 15) is 0 Å². The molecular weight excluding hydrogens is 264 g/mol. The van der Waals surface area contributed by atoms with Crippen LogP contribution in [0.4, 0.5) is 0 Å². The zero-order chi connectivity index (χ0) is 15.5. The van der Waals surface area contributed by atoms with E-state index in [1.165, 1.54) is 44.9 Å². The lowest BCUT2D eigenvalue weighted by molar-refractivity contribution is -0.0898. The molecule has 4 fully saturated rings. The Hall–Kier alpha value is -0.260. The minimum atomic E-state index is 0.575. The molecule has 0 heterocycles. The highest BCUT2D eigenvalue weighted by atomic mass is 14.6. The monoisotopic (exact) mass is 300 g/mol. The summed E-state index contributed by atoms with van der Waals surface area (Å²) in [5, 5.41) is 0. The molecule has 7 atom stereocenters. The Balaban J connectivity index is 1.62. The van der Waals surface area contributed by atoms with E-state index in [2.05, 4.69) is 33.8 Å². The average molecular weight is 301 g/mol. The van der Waals surface area contributed by atoms with Crippen LogP contribution in [0.5, 0.6) is 0 Å². The van der Waals surface area contributed by atoms with Crippen molar-refractivity contribution in [2.24, 2.45) is 40.4 Å². The van der Waals surface area contributed by atoms with Crippen molar-refractivity contribution in [3.05, 3.63) is 11.6 Å². The van der Waals surface area contributed by atoms with Gasteiger partial charge >= 0.3 is 0 Å². The van der Waals surface area contributed by atoms with E-state index >= 15 is 0 Å². The van der Waals surface area contributed by atoms with Crippen molar-refractivity contribution < 1.29 is 0 Å². The summed E-state index contributed by atoms with van der Waals surface area (Å²) in [6, 6.07) is 0. The Morgan fingerprint density at radius 2 is 1.64 bits per heavy atom. The van der Waals surface area contributed by atoms with E-state index in [-0.39, 0.29) is 0 Å². The van der Waals surface area contributed by atoms with Gasteiger partial charge in [0.05, 0.1) is 0 Å². The van der Waals surface area contributed by atoms with E-state index in [1.807, 2.05) is 0 Å². The summed E-state index contributed by atoms with van der Waals surface area (Å²) in [6.07, 6.45) is 16.0. The van der Waals surface area contributed by atoms with Gasteiger partial charge in [-0.05, 0) is 98.7 Å². The van der Waals surface area contributed by atoms with Crippen LogP contribution in [0.2, 0.25) is 0 Å². The van der Waals surface area contributed by atoms with Crippen LogP contribution in [0, 0.1) is 40.4 Å². The van der Waals surface area contributed by atoms with Gasteiger partial charge in [-0.1, -0.05) is 38.8 Å². The van der Waals surface area contributed by atoms with Crippen molar-refractivity contribution in [3.63, 3.8) is 0 Å². The van der Waals surface area contributed by atoms with Crippen LogP contribution in [-0.4, -0.2) is 0 Å². The number of allylic oxidation sites excluding steroid dienone is 2. The third-order valence-electron chi connectivity index (χ3n) is 8.93. The molecule has 0 spiro atoms. The molecule has 22 heavy (non-hydrogen) atoms. The van der Waals surface area contributed by atoms with Gasteiger partial charge in [0.2, 0.25) is 0 Å². The smallest absolute Gasteiger partial charge is 0.00853 e. The van der Waals surface area contributed by atoms with Crippen molar-refractivity contribution in [2.45, 2.75) is 85.5 Å². The van der Waals surface area contributed by atoms with Crippen molar-refractivity contribution in [1.82, 2.24) is 0 Å². The van der Waals surface area contributed by atoms with Gasteiger partial charge in [0.25, 0.3) is 0 Å². The lowest BCUT2D eigenvalue weighted by atomic mass is 9.46. The molecule has 0 heteroatoms. The molecule has 0 saturated heterocycles. The number of hydrogen-bond donors (Lipinski definition) is 0. The van der Waals surface area contributed by atoms with E-state index in [0.717, 1.165) is 29.6 Å². The highest BCUT2D eigenvalue weighted by Crippen LogP contribution is 2.66. The van der Waals surface area contributed by atoms with E-state index in [0.29, 0.717) is 10.8 Å². The SMILES string of the molecule is C/C=C1/CCC2C3CCC4(C)CC(C)CCC4C3CCC12C. The lowest BCUT2D eigenvalue weighted by Gasteiger charge is -2.59. The standard InChI is InChI=1S/C22H36/c1-5-16-7-9-20-18-10-12-21(3)14-15(2)6-8-19(21)17(18)11-13-22(16,20)4/h5,15,17-20H,6-14H2,1-4H3/b16-5-. The van der Waals surface area contributed by atoms with Crippen molar-refractivity contribution >= 4 is 0 Å². The lowest BCUT2D eigenvalue weighted by Crippen LogP contribution is -2.51. The minimum absolute atomic E-state index is 0.575. The van der Waals surface area contributed by atoms with Crippen molar-refractivity contribution in [2.75, 3.05) is 0 Å². The maximum atomic E-state index is 2.66. The normalized spacial score (nSPS) is 56.4. The topological polar surface area (TPSA) is 0 Å². The summed E-state index contributed by atoms with van der Waals surface area (Å²) in [7, 11) is 0. The summed E-state index contributed by atoms with van der Waals surface area (Å²) in [6.45, 7) is 10.1. The Morgan fingerprint density at radius 1 is 0.909 bits per heavy atom. The Bertz CT molecular complexity index is 474. The molecule has 0 aromatic carbocycles. The molecule has 0 aliphatic heterocycles. The first-order chi connectivity index (χ1) is 10.5. The molecule has 0 nitrogen and oxygen atoms in total. The fraction of sp³-hybridized carbons (Fsp3) is 0.909. The van der Waals surface area contributed by atoms with Crippen LogP contribution in [0.3, 0.4) is 0 Å². The summed E-state index contributed by atoms with van der Waals surface area (Å²) in [5.41, 5.74) is 3.07. The van der Waals surface area contributed by atoms with Gasteiger partial charge in [-0.2, -0.15) is 0 Å². The highest BCUT2D eigenvalue weighted by molar-refractivity contribution is 5.23. The van der Waals surface area contributed by atoms with Crippen LogP contribution in [0.1, 0.15) is 85.5 Å². The quantitative estimate of drug-likeness (QED) is 0.441. The number of rotatable bonds is 0. The average Bonchev–Trinajstić information content (AvgIpc) is 2.82. The van der Waals surface area contributed by atoms with Gasteiger partial charge < -0.3 is 0 Å². The van der Waals surface area contributed by atoms with E-state index in [4.69, 9.17) is 0 Å². The maximum Gasteiger partial charge on any atom is -0.00853 e. The predicted octanol–water partition coefficient (Wildman–Crippen LogP) is 6.61. The van der Waals surface area contributed by atoms with Gasteiger partial charge in [0.15, 0.2) is 0 Å². The molecule has 7 unspecified atom stereocenters. The summed E-state index contributed by atoms with van der Waals surface area (Å²) in [4.78, 5) is 0. The first-order valence-corrected chi connectivity index (χ1v) is 10.1. The maximum absolute atomic E-state index is 2.66. The van der Waals surface area contributed by atoms with Crippen molar-refractivity contribution in [1.29, 1.82) is 0 Å². The molecule has 4 saturated carbocycles. The molecule has 4 rings (SSSR count). The van der Waals surface area contributed by atoms with E-state index in [1.54, 1.807) is 18.4 Å². The second-order valence-electron chi connectivity index (χ2n) is 9.93. The fourth-order valence-corrected chi connectivity index (χ4v) is 7.93. The van der Waals surface area contributed by atoms with Gasteiger partial charge in [0.1, 0.15) is 0 Å². The van der Waals surface area contributed by atoms with Crippen LogP contribution in [0.15, 0.2) is 11.6 Å². The molecule has 124 valence electrons. The predicted molar refractivity (Wildman–Crippen MR) is 94.6 cm³/mol. The van der Waals surface area contributed by atoms with Crippen LogP contribution < -0.4 is 0 Å². The molecule has 0 bridgehead atoms. The minimum Gasteiger partial charge on any atom is -0.0879 e. The van der Waals surface area contributed by atoms with Crippen LogP contribution in [0.25, 0.3) is 0 Å². The summed E-state index contributed by atoms with van der Waals surface area (Å²) >= 11 is 0. The Kier molecular flexibility index (Phi) is 3.55. The summed E-state index contributed by atoms with van der Waals surface area (Å²) < 4.78 is 0. The molecular formula is C22H36. The highest BCUT2D eigenvalue weighted by Gasteiger charge is 2.57. The molecule has 0 aromatic heterocycles. The van der Waals surface area contributed by atoms with Crippen molar-refractivity contribution in [3.8, 4) is 0 Å². The number of hydrogen-bond acceptors (Lipinski definition) is 0. The molecule has 0 amide bonds. The second-order valence-corrected chi connectivity index (χ2v) is 9.93. The zero-order valence-electron chi connectivity index (χ0n) is 15.3. The molecule has 0 aromatic rings. The Labute approximate surface area is 138 Å². The number of fused-ring (bicyclic) bond motifs is 5. The molecule has 4 aliphatic rings. The van der Waals surface area contributed by atoms with E-state index < -0.39 is 0 Å². The Morgan fingerprint density at radius 3 is 2.41 bits per heavy atom. The first kappa shape index (κ1) is 15.3. The van der Waals surface area contributed by atoms with Gasteiger partial charge in [0, 0.05) is 0 Å². The zero-order valence-corrected chi connectivity index (χ0v) is 15.3. The molecule has 0 radical (unpaired) electrons. The molecule has 0 N–H and O–H groups in total. The van der Waals surface area contributed by atoms with Gasteiger partial charge in [-0.25, -0.2) is 0 Å². The second kappa shape index (κ2) is 5.12. The third kappa shape index (κ3) is 2.01. The fourth-order valence-electron chi connectivity index (χ4n) is 7.93. The largest absolute Gasteiger partial charge is 0.0879 e. The molecule has 4 aliphatic carbocycles. The van der Waals surface area contributed by atoms with Crippen LogP contribution >= 0.6 is 0 Å². The first-order valence-electron chi connectivity index (χ1n) is 10.1.